The van der Waals surface area contributed by atoms with E-state index in [0.717, 1.165) is 19.4 Å². The molecule has 0 aromatic carbocycles. The van der Waals surface area contributed by atoms with Gasteiger partial charge in [0.25, 0.3) is 0 Å². The highest BCUT2D eigenvalue weighted by molar-refractivity contribution is 5.95. The van der Waals surface area contributed by atoms with Gasteiger partial charge < -0.3 is 9.84 Å². The molecule has 0 amide bonds. The lowest BCUT2D eigenvalue weighted by Gasteiger charge is -2.21. The summed E-state index contributed by atoms with van der Waals surface area (Å²) in [6.45, 7) is 7.70. The van der Waals surface area contributed by atoms with E-state index in [1.165, 1.54) is 13.0 Å². The Morgan fingerprint density at radius 1 is 1.79 bits per heavy atom. The zero-order valence-electron chi connectivity index (χ0n) is 8.88. The van der Waals surface area contributed by atoms with E-state index >= 15 is 0 Å². The Bertz CT molecular complexity index is 239. The summed E-state index contributed by atoms with van der Waals surface area (Å²) in [6.07, 6.45) is 3.28. The number of aliphatic hydroxyl groups is 1. The summed E-state index contributed by atoms with van der Waals surface area (Å²) in [5.74, 6) is -0.315. The Labute approximate surface area is 84.8 Å². The van der Waals surface area contributed by atoms with Gasteiger partial charge in [-0.3, -0.25) is 4.79 Å². The zero-order chi connectivity index (χ0) is 10.8. The largest absolute Gasteiger partial charge is 0.382 e. The molecule has 2 atom stereocenters. The molecular formula is C11H18O3. The average molecular weight is 198 g/mol. The Morgan fingerprint density at radius 2 is 2.36 bits per heavy atom. The lowest BCUT2D eigenvalue weighted by Crippen LogP contribution is -2.35. The van der Waals surface area contributed by atoms with Gasteiger partial charge in [0, 0.05) is 0 Å². The van der Waals surface area contributed by atoms with Crippen LogP contribution in [-0.4, -0.2) is 28.7 Å². The molecule has 0 aromatic rings. The summed E-state index contributed by atoms with van der Waals surface area (Å²) in [5.41, 5.74) is -1.35. The van der Waals surface area contributed by atoms with Gasteiger partial charge >= 0.3 is 0 Å². The van der Waals surface area contributed by atoms with Crippen molar-refractivity contribution in [2.45, 2.75) is 44.3 Å². The predicted octanol–water partition coefficient (Wildman–Crippen LogP) is 1.45. The summed E-state index contributed by atoms with van der Waals surface area (Å²) in [7, 11) is 0. The number of carbonyl (C=O) groups is 1. The summed E-state index contributed by atoms with van der Waals surface area (Å²) in [6, 6.07) is 0. The van der Waals surface area contributed by atoms with Crippen molar-refractivity contribution in [2.24, 2.45) is 0 Å². The van der Waals surface area contributed by atoms with Crippen LogP contribution in [0.25, 0.3) is 0 Å². The highest BCUT2D eigenvalue weighted by Gasteiger charge is 2.44. The molecule has 0 saturated carbocycles. The number of ketones is 1. The van der Waals surface area contributed by atoms with Crippen LogP contribution in [0.4, 0.5) is 0 Å². The van der Waals surface area contributed by atoms with E-state index in [9.17, 15) is 9.90 Å². The Hall–Kier alpha value is -0.670. The Kier molecular flexibility index (Phi) is 3.12. The van der Waals surface area contributed by atoms with Gasteiger partial charge in [-0.05, 0) is 32.3 Å². The van der Waals surface area contributed by atoms with Crippen LogP contribution in [0.1, 0.15) is 33.1 Å². The zero-order valence-corrected chi connectivity index (χ0v) is 8.88. The smallest absolute Gasteiger partial charge is 0.186 e. The van der Waals surface area contributed by atoms with Crippen molar-refractivity contribution in [3.8, 4) is 0 Å². The maximum atomic E-state index is 11.3. The molecule has 80 valence electrons. The average Bonchev–Trinajstić information content (AvgIpc) is 2.94. The quantitative estimate of drug-likeness (QED) is 0.519. The minimum absolute atomic E-state index is 0.0640. The normalized spacial score (nSPS) is 29.4. The van der Waals surface area contributed by atoms with Crippen molar-refractivity contribution in [1.82, 2.24) is 0 Å². The van der Waals surface area contributed by atoms with Crippen LogP contribution in [0.2, 0.25) is 0 Å². The highest BCUT2D eigenvalue weighted by atomic mass is 16.6. The summed E-state index contributed by atoms with van der Waals surface area (Å²) in [4.78, 5) is 11.3. The third kappa shape index (κ3) is 2.42. The van der Waals surface area contributed by atoms with E-state index < -0.39 is 5.60 Å². The summed E-state index contributed by atoms with van der Waals surface area (Å²) in [5, 5.41) is 9.79. The van der Waals surface area contributed by atoms with Gasteiger partial charge in [0.1, 0.15) is 5.60 Å². The van der Waals surface area contributed by atoms with E-state index in [2.05, 4.69) is 13.5 Å². The number of ether oxygens (including phenoxy) is 1. The van der Waals surface area contributed by atoms with Gasteiger partial charge in [0.2, 0.25) is 0 Å². The number of rotatable bonds is 6. The van der Waals surface area contributed by atoms with Crippen molar-refractivity contribution in [1.29, 1.82) is 0 Å². The second-order valence-corrected chi connectivity index (χ2v) is 4.17. The first-order valence-corrected chi connectivity index (χ1v) is 4.99. The third-order valence-electron chi connectivity index (χ3n) is 2.98. The molecule has 1 aliphatic rings. The van der Waals surface area contributed by atoms with Gasteiger partial charge in [-0.1, -0.05) is 13.5 Å². The Morgan fingerprint density at radius 3 is 2.71 bits per heavy atom. The second-order valence-electron chi connectivity index (χ2n) is 4.17. The molecule has 0 aliphatic carbocycles. The van der Waals surface area contributed by atoms with Crippen LogP contribution >= 0.6 is 0 Å². The number of hydrogen-bond donors (Lipinski definition) is 1. The number of carbonyl (C=O) groups excluding carboxylic acids is 1. The fourth-order valence-electron chi connectivity index (χ4n) is 1.44. The van der Waals surface area contributed by atoms with E-state index in [1.807, 2.05) is 0 Å². The fourth-order valence-corrected chi connectivity index (χ4v) is 1.44. The molecule has 1 fully saturated rings. The third-order valence-corrected chi connectivity index (χ3v) is 2.98. The van der Waals surface area contributed by atoms with Gasteiger partial charge in [0.15, 0.2) is 5.78 Å². The second kappa shape index (κ2) is 3.83. The summed E-state index contributed by atoms with van der Waals surface area (Å²) < 4.78 is 5.31. The highest BCUT2D eigenvalue weighted by Crippen LogP contribution is 2.37. The molecule has 1 rings (SSSR count). The first kappa shape index (κ1) is 11.4. The molecule has 0 spiro atoms. The van der Waals surface area contributed by atoms with Crippen molar-refractivity contribution in [3.05, 3.63) is 12.7 Å². The first-order valence-electron chi connectivity index (χ1n) is 4.99. The molecule has 3 heteroatoms. The van der Waals surface area contributed by atoms with Crippen molar-refractivity contribution < 1.29 is 14.6 Å². The van der Waals surface area contributed by atoms with Crippen molar-refractivity contribution >= 4 is 5.78 Å². The van der Waals surface area contributed by atoms with Crippen LogP contribution in [0.15, 0.2) is 12.7 Å². The molecule has 0 radical (unpaired) electrons. The van der Waals surface area contributed by atoms with Crippen molar-refractivity contribution in [2.75, 3.05) is 6.61 Å². The van der Waals surface area contributed by atoms with E-state index in [4.69, 9.17) is 4.74 Å². The molecule has 3 nitrogen and oxygen atoms in total. The van der Waals surface area contributed by atoms with Gasteiger partial charge in [-0.25, -0.2) is 0 Å². The van der Waals surface area contributed by atoms with E-state index in [-0.39, 0.29) is 11.4 Å². The molecule has 1 aliphatic heterocycles. The first-order chi connectivity index (χ1) is 6.46. The van der Waals surface area contributed by atoms with Crippen molar-refractivity contribution in [3.63, 3.8) is 0 Å². The lowest BCUT2D eigenvalue weighted by molar-refractivity contribution is -0.131. The molecule has 14 heavy (non-hydrogen) atoms. The monoisotopic (exact) mass is 198 g/mol. The van der Waals surface area contributed by atoms with Gasteiger partial charge in [-0.15, -0.1) is 0 Å². The van der Waals surface area contributed by atoms with Crippen LogP contribution in [-0.2, 0) is 9.53 Å². The fraction of sp³-hybridized carbons (Fsp3) is 0.727. The molecule has 2 unspecified atom stereocenters. The minimum atomic E-state index is -1.28. The molecule has 1 N–H and O–H groups in total. The Balaban J connectivity index is 2.43. The van der Waals surface area contributed by atoms with Crippen LogP contribution in [0.3, 0.4) is 0 Å². The van der Waals surface area contributed by atoms with Crippen LogP contribution < -0.4 is 0 Å². The molecular weight excluding hydrogens is 180 g/mol. The van der Waals surface area contributed by atoms with Gasteiger partial charge in [-0.2, -0.15) is 0 Å². The lowest BCUT2D eigenvalue weighted by atomic mass is 9.89. The van der Waals surface area contributed by atoms with Crippen LogP contribution in [0, 0.1) is 0 Å². The molecule has 1 saturated heterocycles. The summed E-state index contributed by atoms with van der Waals surface area (Å²) >= 11 is 0. The van der Waals surface area contributed by atoms with Gasteiger partial charge in [0.05, 0.1) is 12.2 Å². The van der Waals surface area contributed by atoms with E-state index in [0.29, 0.717) is 6.42 Å². The SMILES string of the molecule is C=CC(=O)C(C)(O)CCC1(CC)CO1. The minimum Gasteiger partial charge on any atom is -0.382 e. The number of epoxide rings is 1. The van der Waals surface area contributed by atoms with Crippen LogP contribution in [0.5, 0.6) is 0 Å². The maximum absolute atomic E-state index is 11.3. The number of hydrogen-bond acceptors (Lipinski definition) is 3. The topological polar surface area (TPSA) is 49.8 Å². The maximum Gasteiger partial charge on any atom is 0.186 e. The molecule has 1 heterocycles. The molecule has 0 aromatic heterocycles. The molecule has 0 bridgehead atoms. The van der Waals surface area contributed by atoms with E-state index in [1.54, 1.807) is 0 Å². The standard InChI is InChI=1S/C11H18O3/c1-4-9(12)10(3,13)6-7-11(5-2)8-14-11/h4,13H,1,5-8H2,2-3H3. The predicted molar refractivity (Wildman–Crippen MR) is 54.0 cm³/mol.